The van der Waals surface area contributed by atoms with E-state index in [0.717, 1.165) is 6.61 Å². The molecular weight excluding hydrogens is 292 g/mol. The van der Waals surface area contributed by atoms with Crippen LogP contribution in [0, 0.1) is 0 Å². The van der Waals surface area contributed by atoms with Gasteiger partial charge in [-0.25, -0.2) is 0 Å². The molecule has 21 heavy (non-hydrogen) atoms. The van der Waals surface area contributed by atoms with Crippen LogP contribution in [0.4, 0.5) is 0 Å². The zero-order valence-corrected chi connectivity index (χ0v) is 15.6. The summed E-state index contributed by atoms with van der Waals surface area (Å²) in [6.07, 6.45) is 5.15. The lowest BCUT2D eigenvalue weighted by molar-refractivity contribution is 0.0736. The second kappa shape index (κ2) is 6.36. The minimum Gasteiger partial charge on any atom is -0.420 e. The third-order valence-corrected chi connectivity index (χ3v) is 14.7. The Balaban J connectivity index is 1.87. The Hall–Kier alpha value is -0.426. The predicted octanol–water partition coefficient (Wildman–Crippen LogP) is 3.50. The molecule has 0 N–H and O–H groups in total. The molecule has 2 heterocycles. The average Bonchev–Trinajstić information content (AvgIpc) is 2.48. The Morgan fingerprint density at radius 1 is 1.14 bits per heavy atom. The lowest BCUT2D eigenvalue weighted by atomic mass is 10.0. The Morgan fingerprint density at radius 2 is 1.95 bits per heavy atom. The van der Waals surface area contributed by atoms with Gasteiger partial charge in [-0.2, -0.15) is 0 Å². The van der Waals surface area contributed by atoms with E-state index in [1.165, 1.54) is 48.6 Å². The van der Waals surface area contributed by atoms with Gasteiger partial charge in [0.15, 0.2) is 9.04 Å². The van der Waals surface area contributed by atoms with Gasteiger partial charge in [0.1, 0.15) is 0 Å². The van der Waals surface area contributed by atoms with Crippen molar-refractivity contribution in [3.05, 3.63) is 30.3 Å². The maximum Gasteiger partial charge on any atom is 0.224 e. The van der Waals surface area contributed by atoms with E-state index in [2.05, 4.69) is 44.2 Å². The molecule has 2 atom stereocenters. The van der Waals surface area contributed by atoms with E-state index in [0.29, 0.717) is 0 Å². The zero-order valence-electron chi connectivity index (χ0n) is 13.4. The standard InChI is InChI=1S/C17H28O2Si2/c1-17(2)11-8-14-21(19-17,16-9-4-3-5-10-16)15-20-13-7-6-12-18-20/h3-5,9-10,20H,6-8,11-15H2,1-2H3. The maximum absolute atomic E-state index is 6.84. The van der Waals surface area contributed by atoms with Crippen molar-refractivity contribution < 1.29 is 8.85 Å². The molecule has 0 spiro atoms. The lowest BCUT2D eigenvalue weighted by Gasteiger charge is -2.45. The van der Waals surface area contributed by atoms with E-state index in [9.17, 15) is 0 Å². The molecule has 0 aliphatic carbocycles. The van der Waals surface area contributed by atoms with E-state index in [-0.39, 0.29) is 5.60 Å². The van der Waals surface area contributed by atoms with Crippen LogP contribution >= 0.6 is 0 Å². The van der Waals surface area contributed by atoms with E-state index in [1.54, 1.807) is 0 Å². The van der Waals surface area contributed by atoms with Crippen molar-refractivity contribution in [2.45, 2.75) is 62.9 Å². The Bertz CT molecular complexity index is 457. The van der Waals surface area contributed by atoms with Crippen LogP contribution in [-0.4, -0.2) is 29.6 Å². The highest BCUT2D eigenvalue weighted by atomic mass is 28.4. The summed E-state index contributed by atoms with van der Waals surface area (Å²) in [6, 6.07) is 13.7. The van der Waals surface area contributed by atoms with Crippen LogP contribution in [0.1, 0.15) is 39.5 Å². The van der Waals surface area contributed by atoms with Gasteiger partial charge < -0.3 is 8.85 Å². The molecule has 3 rings (SSSR count). The molecule has 2 nitrogen and oxygen atoms in total. The van der Waals surface area contributed by atoms with Crippen molar-refractivity contribution in [3.63, 3.8) is 0 Å². The molecule has 116 valence electrons. The first-order valence-corrected chi connectivity index (χ1v) is 12.9. The molecule has 2 aliphatic rings. The van der Waals surface area contributed by atoms with Gasteiger partial charge >= 0.3 is 0 Å². The molecule has 0 amide bonds. The largest absolute Gasteiger partial charge is 0.420 e. The molecule has 0 radical (unpaired) electrons. The summed E-state index contributed by atoms with van der Waals surface area (Å²) >= 11 is 0. The first-order valence-electron chi connectivity index (χ1n) is 8.47. The van der Waals surface area contributed by atoms with Gasteiger partial charge in [-0.15, -0.1) is 0 Å². The SMILES string of the molecule is CC1(C)CCC[Si](C[SiH]2CCCCO2)(c2ccccc2)O1. The van der Waals surface area contributed by atoms with Crippen LogP contribution < -0.4 is 5.19 Å². The van der Waals surface area contributed by atoms with Crippen LogP contribution in [0.5, 0.6) is 0 Å². The predicted molar refractivity (Wildman–Crippen MR) is 93.0 cm³/mol. The maximum atomic E-state index is 6.84. The van der Waals surface area contributed by atoms with E-state index in [4.69, 9.17) is 8.85 Å². The van der Waals surface area contributed by atoms with Crippen molar-refractivity contribution in [2.75, 3.05) is 6.61 Å². The first kappa shape index (κ1) is 15.5. The summed E-state index contributed by atoms with van der Waals surface area (Å²) in [5, 5.41) is 1.50. The Kier molecular flexibility index (Phi) is 4.69. The quantitative estimate of drug-likeness (QED) is 0.794. The summed E-state index contributed by atoms with van der Waals surface area (Å²) in [6.45, 7) is 5.56. The van der Waals surface area contributed by atoms with Crippen LogP contribution in [0.15, 0.2) is 30.3 Å². The first-order chi connectivity index (χ1) is 10.1. The highest BCUT2D eigenvalue weighted by molar-refractivity contribution is 6.93. The van der Waals surface area contributed by atoms with Crippen LogP contribution in [-0.2, 0) is 8.85 Å². The lowest BCUT2D eigenvalue weighted by Crippen LogP contribution is -2.60. The molecule has 1 aromatic carbocycles. The van der Waals surface area contributed by atoms with E-state index >= 15 is 0 Å². The van der Waals surface area contributed by atoms with E-state index < -0.39 is 17.4 Å². The van der Waals surface area contributed by atoms with Crippen molar-refractivity contribution in [2.24, 2.45) is 0 Å². The van der Waals surface area contributed by atoms with Crippen LogP contribution in [0.3, 0.4) is 0 Å². The molecule has 0 saturated carbocycles. The second-order valence-corrected chi connectivity index (χ2v) is 14.3. The molecular formula is C17H28O2Si2. The number of rotatable bonds is 3. The molecule has 2 aliphatic heterocycles. The molecule has 0 aromatic heterocycles. The summed E-state index contributed by atoms with van der Waals surface area (Å²) < 4.78 is 13.0. The van der Waals surface area contributed by atoms with Gasteiger partial charge in [0, 0.05) is 6.61 Å². The van der Waals surface area contributed by atoms with Crippen LogP contribution in [0.25, 0.3) is 0 Å². The summed E-state index contributed by atoms with van der Waals surface area (Å²) in [5.41, 5.74) is 1.32. The van der Waals surface area contributed by atoms with Crippen LogP contribution in [0.2, 0.25) is 17.8 Å². The fraction of sp³-hybridized carbons (Fsp3) is 0.647. The smallest absolute Gasteiger partial charge is 0.224 e. The zero-order chi connectivity index (χ0) is 14.8. The fourth-order valence-corrected chi connectivity index (χ4v) is 14.9. The third-order valence-electron chi connectivity index (χ3n) is 4.96. The number of hydrogen-bond acceptors (Lipinski definition) is 2. The van der Waals surface area contributed by atoms with Gasteiger partial charge in [0.25, 0.3) is 0 Å². The minimum absolute atomic E-state index is 0.0450. The van der Waals surface area contributed by atoms with E-state index in [1.807, 2.05) is 0 Å². The van der Waals surface area contributed by atoms with Crippen molar-refractivity contribution in [3.8, 4) is 0 Å². The average molecular weight is 321 g/mol. The van der Waals surface area contributed by atoms with Gasteiger partial charge in [0.05, 0.1) is 5.60 Å². The monoisotopic (exact) mass is 320 g/mol. The molecule has 2 saturated heterocycles. The minimum atomic E-state index is -1.84. The summed E-state index contributed by atoms with van der Waals surface area (Å²) in [4.78, 5) is 0. The van der Waals surface area contributed by atoms with Gasteiger partial charge in [-0.3, -0.25) is 0 Å². The number of benzene rings is 1. The summed E-state index contributed by atoms with van der Waals surface area (Å²) in [7, 11) is -2.90. The highest BCUT2D eigenvalue weighted by Crippen LogP contribution is 2.36. The normalized spacial score (nSPS) is 32.8. The highest BCUT2D eigenvalue weighted by Gasteiger charge is 2.47. The fourth-order valence-electron chi connectivity index (χ4n) is 3.97. The van der Waals surface area contributed by atoms with Gasteiger partial charge in [-0.1, -0.05) is 43.2 Å². The molecule has 0 bridgehead atoms. The molecule has 4 heteroatoms. The van der Waals surface area contributed by atoms with Crippen molar-refractivity contribution >= 4 is 22.5 Å². The summed E-state index contributed by atoms with van der Waals surface area (Å²) in [5.74, 6) is 0. The van der Waals surface area contributed by atoms with Crippen molar-refractivity contribution in [1.29, 1.82) is 0 Å². The second-order valence-electron chi connectivity index (χ2n) is 7.27. The van der Waals surface area contributed by atoms with Gasteiger partial charge in [0.2, 0.25) is 8.32 Å². The molecule has 1 aromatic rings. The van der Waals surface area contributed by atoms with Gasteiger partial charge in [-0.05, 0) is 49.6 Å². The number of hydrogen-bond donors (Lipinski definition) is 0. The topological polar surface area (TPSA) is 18.5 Å². The molecule has 2 fully saturated rings. The Labute approximate surface area is 131 Å². The van der Waals surface area contributed by atoms with Crippen molar-refractivity contribution in [1.82, 2.24) is 0 Å². The third kappa shape index (κ3) is 3.67. The Morgan fingerprint density at radius 3 is 2.62 bits per heavy atom. The molecule has 2 unspecified atom stereocenters.